The van der Waals surface area contributed by atoms with E-state index in [1.54, 1.807) is 13.2 Å². The second kappa shape index (κ2) is 9.59. The van der Waals surface area contributed by atoms with Gasteiger partial charge in [-0.05, 0) is 36.7 Å². The molecule has 0 aliphatic carbocycles. The molecule has 1 rings (SSSR count). The summed E-state index contributed by atoms with van der Waals surface area (Å²) in [5.41, 5.74) is 1.09. The van der Waals surface area contributed by atoms with Crippen LogP contribution in [0.3, 0.4) is 0 Å². The van der Waals surface area contributed by atoms with E-state index < -0.39 is 0 Å². The molecule has 0 radical (unpaired) electrons. The highest BCUT2D eigenvalue weighted by molar-refractivity contribution is 6.34. The third-order valence-corrected chi connectivity index (χ3v) is 2.76. The van der Waals surface area contributed by atoms with Gasteiger partial charge in [0.25, 0.3) is 0 Å². The van der Waals surface area contributed by atoms with Crippen LogP contribution < -0.4 is 5.32 Å². The smallest absolute Gasteiger partial charge is 0.0700 e. The fourth-order valence-corrected chi connectivity index (χ4v) is 2.06. The van der Waals surface area contributed by atoms with Crippen molar-refractivity contribution in [2.45, 2.75) is 13.0 Å². The Bertz CT molecular complexity index is 328. The van der Waals surface area contributed by atoms with Gasteiger partial charge in [-0.25, -0.2) is 0 Å². The Morgan fingerprint density at radius 3 is 2.44 bits per heavy atom. The Hall–Kier alpha value is -0.320. The zero-order valence-electron chi connectivity index (χ0n) is 10.5. The van der Waals surface area contributed by atoms with Crippen molar-refractivity contribution in [3.63, 3.8) is 0 Å². The first kappa shape index (κ1) is 15.7. The zero-order chi connectivity index (χ0) is 13.2. The molecule has 5 heteroatoms. The van der Waals surface area contributed by atoms with Crippen molar-refractivity contribution < 1.29 is 9.47 Å². The minimum absolute atomic E-state index is 0.647. The van der Waals surface area contributed by atoms with Crippen molar-refractivity contribution in [2.75, 3.05) is 33.5 Å². The molecule has 18 heavy (non-hydrogen) atoms. The molecule has 0 atom stereocenters. The molecule has 1 N–H and O–H groups in total. The van der Waals surface area contributed by atoms with E-state index in [2.05, 4.69) is 5.32 Å². The molecule has 0 aromatic heterocycles. The fraction of sp³-hybridized carbons (Fsp3) is 0.538. The molecule has 3 nitrogen and oxygen atoms in total. The van der Waals surface area contributed by atoms with Crippen LogP contribution in [0, 0.1) is 0 Å². The molecule has 0 bridgehead atoms. The first-order valence-corrected chi connectivity index (χ1v) is 6.70. The molecule has 0 saturated heterocycles. The van der Waals surface area contributed by atoms with Gasteiger partial charge in [0.2, 0.25) is 0 Å². The van der Waals surface area contributed by atoms with Gasteiger partial charge < -0.3 is 14.8 Å². The van der Waals surface area contributed by atoms with E-state index in [4.69, 9.17) is 32.7 Å². The molecule has 0 unspecified atom stereocenters. The Labute approximate surface area is 118 Å². The molecule has 0 spiro atoms. The summed E-state index contributed by atoms with van der Waals surface area (Å²) in [7, 11) is 1.67. The molecule has 1 aromatic rings. The van der Waals surface area contributed by atoms with Gasteiger partial charge in [0.15, 0.2) is 0 Å². The maximum Gasteiger partial charge on any atom is 0.0700 e. The number of methoxy groups -OCH3 is 1. The van der Waals surface area contributed by atoms with Crippen molar-refractivity contribution in [2.24, 2.45) is 0 Å². The van der Waals surface area contributed by atoms with Gasteiger partial charge in [0, 0.05) is 30.3 Å². The lowest BCUT2D eigenvalue weighted by Crippen LogP contribution is -2.16. The Kier molecular flexibility index (Phi) is 8.38. The number of hydrogen-bond donors (Lipinski definition) is 1. The van der Waals surface area contributed by atoms with Crippen molar-refractivity contribution in [1.29, 1.82) is 0 Å². The highest BCUT2D eigenvalue weighted by atomic mass is 35.5. The highest BCUT2D eigenvalue weighted by Crippen LogP contribution is 2.18. The summed E-state index contributed by atoms with van der Waals surface area (Å²) in [5, 5.41) is 4.66. The molecular weight excluding hydrogens is 273 g/mol. The third-order valence-electron chi connectivity index (χ3n) is 2.33. The second-order valence-corrected chi connectivity index (χ2v) is 4.79. The SMILES string of the molecule is COCCOCCCNCc1cc(Cl)cc(Cl)c1. The molecule has 0 saturated carbocycles. The maximum atomic E-state index is 5.92. The van der Waals surface area contributed by atoms with Crippen LogP contribution in [-0.2, 0) is 16.0 Å². The third kappa shape index (κ3) is 7.19. The van der Waals surface area contributed by atoms with Gasteiger partial charge in [-0.2, -0.15) is 0 Å². The number of nitrogens with one attached hydrogen (secondary N) is 1. The lowest BCUT2D eigenvalue weighted by atomic mass is 10.2. The normalized spacial score (nSPS) is 10.8. The number of halogens is 2. The Balaban J connectivity index is 2.07. The first-order valence-electron chi connectivity index (χ1n) is 5.94. The molecule has 1 aromatic carbocycles. The quantitative estimate of drug-likeness (QED) is 0.709. The fourth-order valence-electron chi connectivity index (χ4n) is 1.49. The van der Waals surface area contributed by atoms with Gasteiger partial charge in [-0.3, -0.25) is 0 Å². The van der Waals surface area contributed by atoms with Gasteiger partial charge in [0.1, 0.15) is 0 Å². The van der Waals surface area contributed by atoms with Crippen molar-refractivity contribution in [1.82, 2.24) is 5.32 Å². The number of benzene rings is 1. The largest absolute Gasteiger partial charge is 0.382 e. The summed E-state index contributed by atoms with van der Waals surface area (Å²) < 4.78 is 10.2. The van der Waals surface area contributed by atoms with Crippen LogP contribution >= 0.6 is 23.2 Å². The van der Waals surface area contributed by atoms with E-state index in [-0.39, 0.29) is 0 Å². The summed E-state index contributed by atoms with van der Waals surface area (Å²) >= 11 is 11.8. The van der Waals surface area contributed by atoms with E-state index in [1.165, 1.54) is 0 Å². The predicted octanol–water partition coefficient (Wildman–Crippen LogP) is 3.14. The number of hydrogen-bond acceptors (Lipinski definition) is 3. The van der Waals surface area contributed by atoms with E-state index in [9.17, 15) is 0 Å². The summed E-state index contributed by atoms with van der Waals surface area (Å²) in [6.45, 7) is 3.71. The van der Waals surface area contributed by atoms with Crippen molar-refractivity contribution in [3.8, 4) is 0 Å². The van der Waals surface area contributed by atoms with E-state index >= 15 is 0 Å². The highest BCUT2D eigenvalue weighted by Gasteiger charge is 1.98. The minimum Gasteiger partial charge on any atom is -0.382 e. The summed E-state index contributed by atoms with van der Waals surface area (Å²) in [6.07, 6.45) is 0.970. The van der Waals surface area contributed by atoms with Crippen LogP contribution in [0.5, 0.6) is 0 Å². The van der Waals surface area contributed by atoms with Crippen LogP contribution in [0.2, 0.25) is 10.0 Å². The van der Waals surface area contributed by atoms with Crippen molar-refractivity contribution >= 4 is 23.2 Å². The molecule has 0 aliphatic rings. The molecule has 0 amide bonds. The average molecular weight is 292 g/mol. The van der Waals surface area contributed by atoms with Crippen molar-refractivity contribution in [3.05, 3.63) is 33.8 Å². The van der Waals surface area contributed by atoms with Gasteiger partial charge >= 0.3 is 0 Å². The molecular formula is C13H19Cl2NO2. The molecule has 0 aliphatic heterocycles. The standard InChI is InChI=1S/C13H19Cl2NO2/c1-17-5-6-18-4-2-3-16-10-11-7-12(14)9-13(15)8-11/h7-9,16H,2-6,10H2,1H3. The number of rotatable bonds is 9. The van der Waals surface area contributed by atoms with Crippen LogP contribution in [0.15, 0.2) is 18.2 Å². The van der Waals surface area contributed by atoms with Crippen LogP contribution in [0.25, 0.3) is 0 Å². The molecule has 102 valence electrons. The second-order valence-electron chi connectivity index (χ2n) is 3.91. The Morgan fingerprint density at radius 1 is 1.06 bits per heavy atom. The monoisotopic (exact) mass is 291 g/mol. The summed E-state index contributed by atoms with van der Waals surface area (Å²) in [4.78, 5) is 0. The van der Waals surface area contributed by atoms with E-state index in [1.807, 2.05) is 12.1 Å². The van der Waals surface area contributed by atoms with Crippen LogP contribution in [0.1, 0.15) is 12.0 Å². The summed E-state index contributed by atoms with van der Waals surface area (Å²) in [6, 6.07) is 5.56. The number of ether oxygens (including phenoxy) is 2. The molecule has 0 fully saturated rings. The van der Waals surface area contributed by atoms with Crippen LogP contribution in [-0.4, -0.2) is 33.5 Å². The van der Waals surface area contributed by atoms with E-state index in [0.29, 0.717) is 23.3 Å². The minimum atomic E-state index is 0.647. The average Bonchev–Trinajstić information content (AvgIpc) is 2.31. The maximum absolute atomic E-state index is 5.92. The zero-order valence-corrected chi connectivity index (χ0v) is 12.1. The van der Waals surface area contributed by atoms with Gasteiger partial charge in [-0.15, -0.1) is 0 Å². The molecule has 0 heterocycles. The first-order chi connectivity index (χ1) is 8.72. The summed E-state index contributed by atoms with van der Waals surface area (Å²) in [5.74, 6) is 0. The van der Waals surface area contributed by atoms with E-state index in [0.717, 1.165) is 31.7 Å². The lowest BCUT2D eigenvalue weighted by molar-refractivity contribution is 0.0695. The van der Waals surface area contributed by atoms with Crippen LogP contribution in [0.4, 0.5) is 0 Å². The lowest BCUT2D eigenvalue weighted by Gasteiger charge is -2.07. The van der Waals surface area contributed by atoms with Gasteiger partial charge in [0.05, 0.1) is 13.2 Å². The van der Waals surface area contributed by atoms with Gasteiger partial charge in [-0.1, -0.05) is 23.2 Å². The predicted molar refractivity (Wildman–Crippen MR) is 75.5 cm³/mol. The Morgan fingerprint density at radius 2 is 1.78 bits per heavy atom. The topological polar surface area (TPSA) is 30.5 Å².